The van der Waals surface area contributed by atoms with Gasteiger partial charge in [0.25, 0.3) is 0 Å². The lowest BCUT2D eigenvalue weighted by atomic mass is 9.47. The normalized spacial score (nSPS) is 45.3. The molecule has 0 spiro atoms. The van der Waals surface area contributed by atoms with Gasteiger partial charge in [-0.3, -0.25) is 0 Å². The molecule has 0 aliphatic heterocycles. The summed E-state index contributed by atoms with van der Waals surface area (Å²) in [5, 5.41) is 10.3. The number of aliphatic hydroxyl groups is 1. The highest BCUT2D eigenvalue weighted by atomic mass is 127. The van der Waals surface area contributed by atoms with Crippen molar-refractivity contribution in [3.8, 4) is 0 Å². The van der Waals surface area contributed by atoms with Crippen LogP contribution in [0.2, 0.25) is 0 Å². The summed E-state index contributed by atoms with van der Waals surface area (Å²) in [6.07, 6.45) is 17.2. The average Bonchev–Trinajstić information content (AvgIpc) is 3.04. The average molecular weight is 513 g/mol. The van der Waals surface area contributed by atoms with Gasteiger partial charge in [0.2, 0.25) is 0 Å². The number of fused-ring (bicyclic) bond motifs is 5. The molecule has 8 atom stereocenters. The van der Waals surface area contributed by atoms with Crippen molar-refractivity contribution in [3.05, 3.63) is 11.6 Å². The SMILES string of the molecule is CC(C)CCC[C@@H](C)[C@H]1CC[C@@H]2[C@@H]3CC=C4C[C@@H](O)CC[C@]4(CI)[C@@H]3CC[C@@]21C. The number of allylic oxidation sites excluding steroid dienone is 1. The Morgan fingerprint density at radius 2 is 1.86 bits per heavy atom. The Morgan fingerprint density at radius 3 is 2.59 bits per heavy atom. The predicted octanol–water partition coefficient (Wildman–Crippen LogP) is 7.80. The second-order valence-corrected chi connectivity index (χ2v) is 12.8. The Kier molecular flexibility index (Phi) is 6.83. The first kappa shape index (κ1) is 22.6. The Bertz CT molecular complexity index is 612. The van der Waals surface area contributed by atoms with Crippen LogP contribution in [0.4, 0.5) is 0 Å². The molecule has 0 radical (unpaired) electrons. The molecule has 3 saturated carbocycles. The summed E-state index contributed by atoms with van der Waals surface area (Å²) in [4.78, 5) is 0. The van der Waals surface area contributed by atoms with E-state index >= 15 is 0 Å². The first-order valence-corrected chi connectivity index (χ1v) is 14.3. The molecule has 3 fully saturated rings. The predicted molar refractivity (Wildman–Crippen MR) is 132 cm³/mol. The smallest absolute Gasteiger partial charge is 0.0577 e. The van der Waals surface area contributed by atoms with Crippen molar-refractivity contribution in [3.63, 3.8) is 0 Å². The van der Waals surface area contributed by atoms with E-state index in [0.717, 1.165) is 48.3 Å². The quantitative estimate of drug-likeness (QED) is 0.219. The van der Waals surface area contributed by atoms with Gasteiger partial charge in [0.1, 0.15) is 0 Å². The fourth-order valence-electron chi connectivity index (χ4n) is 8.71. The highest BCUT2D eigenvalue weighted by Gasteiger charge is 2.59. The van der Waals surface area contributed by atoms with Crippen molar-refractivity contribution < 1.29 is 5.11 Å². The molecular weight excluding hydrogens is 467 g/mol. The van der Waals surface area contributed by atoms with Crippen LogP contribution in [0.15, 0.2) is 11.6 Å². The van der Waals surface area contributed by atoms with Crippen LogP contribution in [0.25, 0.3) is 0 Å². The topological polar surface area (TPSA) is 20.2 Å². The molecule has 0 aromatic carbocycles. The van der Waals surface area contributed by atoms with Gasteiger partial charge in [0.05, 0.1) is 6.10 Å². The number of hydrogen-bond donors (Lipinski definition) is 1. The highest BCUT2D eigenvalue weighted by Crippen LogP contribution is 2.67. The molecular formula is C27H45IO. The van der Waals surface area contributed by atoms with Gasteiger partial charge in [-0.2, -0.15) is 0 Å². The maximum absolute atomic E-state index is 10.3. The molecule has 166 valence electrons. The zero-order valence-corrected chi connectivity index (χ0v) is 21.6. The molecule has 4 aliphatic carbocycles. The van der Waals surface area contributed by atoms with E-state index in [4.69, 9.17) is 0 Å². The van der Waals surface area contributed by atoms with Crippen LogP contribution in [0.5, 0.6) is 0 Å². The van der Waals surface area contributed by atoms with Gasteiger partial charge >= 0.3 is 0 Å². The van der Waals surface area contributed by atoms with Crippen LogP contribution in [-0.4, -0.2) is 15.6 Å². The van der Waals surface area contributed by atoms with Gasteiger partial charge < -0.3 is 5.11 Å². The van der Waals surface area contributed by atoms with Crippen molar-refractivity contribution in [1.29, 1.82) is 0 Å². The summed E-state index contributed by atoms with van der Waals surface area (Å²) in [5.41, 5.74) is 2.65. The number of alkyl halides is 1. The van der Waals surface area contributed by atoms with Gasteiger partial charge in [-0.15, -0.1) is 0 Å². The molecule has 4 aliphatic rings. The lowest BCUT2D eigenvalue weighted by Crippen LogP contribution is -2.52. The maximum atomic E-state index is 10.3. The van der Waals surface area contributed by atoms with E-state index in [1.54, 1.807) is 5.57 Å². The molecule has 0 bridgehead atoms. The van der Waals surface area contributed by atoms with Crippen LogP contribution in [0, 0.1) is 46.3 Å². The van der Waals surface area contributed by atoms with E-state index < -0.39 is 0 Å². The van der Waals surface area contributed by atoms with Crippen LogP contribution in [0.3, 0.4) is 0 Å². The molecule has 0 heterocycles. The number of aliphatic hydroxyl groups excluding tert-OH is 1. The van der Waals surface area contributed by atoms with E-state index in [1.807, 2.05) is 0 Å². The minimum atomic E-state index is -0.0784. The third kappa shape index (κ3) is 3.89. The van der Waals surface area contributed by atoms with Gasteiger partial charge in [0, 0.05) is 9.84 Å². The van der Waals surface area contributed by atoms with E-state index in [2.05, 4.69) is 56.4 Å². The molecule has 4 rings (SSSR count). The minimum Gasteiger partial charge on any atom is -0.393 e. The molecule has 1 nitrogen and oxygen atoms in total. The van der Waals surface area contributed by atoms with E-state index in [9.17, 15) is 5.11 Å². The summed E-state index contributed by atoms with van der Waals surface area (Å²) < 4.78 is 1.27. The van der Waals surface area contributed by atoms with E-state index in [0.29, 0.717) is 10.8 Å². The lowest BCUT2D eigenvalue weighted by molar-refractivity contribution is -0.0548. The van der Waals surface area contributed by atoms with Crippen LogP contribution in [-0.2, 0) is 0 Å². The number of halogens is 1. The van der Waals surface area contributed by atoms with Crippen molar-refractivity contribution in [2.45, 2.75) is 104 Å². The molecule has 0 aromatic rings. The van der Waals surface area contributed by atoms with Crippen molar-refractivity contribution in [2.24, 2.45) is 46.3 Å². The highest BCUT2D eigenvalue weighted by molar-refractivity contribution is 14.1. The zero-order valence-electron chi connectivity index (χ0n) is 19.4. The standard InChI is InChI=1S/C27H45IO/c1-18(2)6-5-7-19(3)23-10-11-24-22-9-8-20-16-21(29)12-15-27(20,17-28)25(22)13-14-26(23,24)4/h8,18-19,21-25,29H,5-7,9-17H2,1-4H3/t19-,21+,22+,23-,24-,25-,26-,27-/m1/s1. The summed E-state index contributed by atoms with van der Waals surface area (Å²) in [7, 11) is 0. The molecule has 29 heavy (non-hydrogen) atoms. The van der Waals surface area contributed by atoms with Crippen molar-refractivity contribution >= 4 is 22.6 Å². The van der Waals surface area contributed by atoms with E-state index in [-0.39, 0.29) is 6.10 Å². The molecule has 2 heteroatoms. The second kappa shape index (κ2) is 8.75. The monoisotopic (exact) mass is 512 g/mol. The first-order valence-electron chi connectivity index (χ1n) is 12.8. The zero-order chi connectivity index (χ0) is 20.8. The lowest BCUT2D eigenvalue weighted by Gasteiger charge is -2.59. The van der Waals surface area contributed by atoms with E-state index in [1.165, 1.54) is 62.2 Å². The maximum Gasteiger partial charge on any atom is 0.0577 e. The first-order chi connectivity index (χ1) is 13.8. The number of hydrogen-bond acceptors (Lipinski definition) is 1. The molecule has 0 unspecified atom stereocenters. The fraction of sp³-hybridized carbons (Fsp3) is 0.926. The largest absolute Gasteiger partial charge is 0.393 e. The van der Waals surface area contributed by atoms with Gasteiger partial charge in [-0.25, -0.2) is 0 Å². The fourth-order valence-corrected chi connectivity index (χ4v) is 10.1. The van der Waals surface area contributed by atoms with Crippen molar-refractivity contribution in [1.82, 2.24) is 0 Å². The summed E-state index contributed by atoms with van der Waals surface area (Å²) >= 11 is 2.68. The summed E-state index contributed by atoms with van der Waals surface area (Å²) in [6, 6.07) is 0. The minimum absolute atomic E-state index is 0.0784. The Labute approximate surface area is 194 Å². The third-order valence-electron chi connectivity index (χ3n) is 10.2. The summed E-state index contributed by atoms with van der Waals surface area (Å²) in [6.45, 7) is 10.0. The third-order valence-corrected chi connectivity index (χ3v) is 11.6. The number of rotatable bonds is 6. The van der Waals surface area contributed by atoms with Crippen molar-refractivity contribution in [2.75, 3.05) is 4.43 Å². The van der Waals surface area contributed by atoms with Crippen LogP contribution >= 0.6 is 22.6 Å². The van der Waals surface area contributed by atoms with Gasteiger partial charge in [0.15, 0.2) is 0 Å². The Balaban J connectivity index is 1.51. The molecule has 0 saturated heterocycles. The molecule has 0 amide bonds. The second-order valence-electron chi connectivity index (χ2n) is 12.1. The molecule has 0 aromatic heterocycles. The van der Waals surface area contributed by atoms with Gasteiger partial charge in [-0.05, 0) is 92.3 Å². The Morgan fingerprint density at radius 1 is 1.07 bits per heavy atom. The van der Waals surface area contributed by atoms with Gasteiger partial charge in [-0.1, -0.05) is 81.2 Å². The van der Waals surface area contributed by atoms with Crippen LogP contribution < -0.4 is 0 Å². The Hall–Kier alpha value is 0.430. The molecule has 1 N–H and O–H groups in total. The summed E-state index contributed by atoms with van der Waals surface area (Å²) in [5.74, 6) is 5.46. The van der Waals surface area contributed by atoms with Crippen LogP contribution in [0.1, 0.15) is 98.3 Å².